The second-order valence-electron chi connectivity index (χ2n) is 7.05. The molecule has 1 saturated heterocycles. The Hall–Kier alpha value is -1.35. The molecule has 3 nitrogen and oxygen atoms in total. The smallest absolute Gasteiger partial charge is 0.254 e. The number of likely N-dealkylation sites (tertiary alicyclic amines) is 1. The molecular weight excluding hydrogens is 260 g/mol. The summed E-state index contributed by atoms with van der Waals surface area (Å²) in [7, 11) is 0. The topological polar surface area (TPSA) is 46.3 Å². The Bertz CT molecular complexity index is 471. The summed E-state index contributed by atoms with van der Waals surface area (Å²) in [6.45, 7) is 8.07. The number of rotatable bonds is 3. The van der Waals surface area contributed by atoms with Crippen LogP contribution >= 0.6 is 0 Å². The Morgan fingerprint density at radius 1 is 1.24 bits per heavy atom. The standard InChI is InChI=1S/C18H28N2O/c1-18(2,3)15-9-7-14(8-10-15)17(21)20-13-5-4-6-16(20)11-12-19/h7-10,16H,4-6,11-13,19H2,1-3H3. The van der Waals surface area contributed by atoms with E-state index >= 15 is 0 Å². The van der Waals surface area contributed by atoms with Crippen LogP contribution in [-0.4, -0.2) is 29.9 Å². The monoisotopic (exact) mass is 288 g/mol. The van der Waals surface area contributed by atoms with Crippen LogP contribution in [0.15, 0.2) is 24.3 Å². The van der Waals surface area contributed by atoms with Crippen molar-refractivity contribution in [2.24, 2.45) is 5.73 Å². The first-order valence-corrected chi connectivity index (χ1v) is 8.05. The average molecular weight is 288 g/mol. The number of hydrogen-bond donors (Lipinski definition) is 1. The van der Waals surface area contributed by atoms with Crippen LogP contribution < -0.4 is 5.73 Å². The van der Waals surface area contributed by atoms with Gasteiger partial charge in [-0.15, -0.1) is 0 Å². The minimum absolute atomic E-state index is 0.120. The minimum Gasteiger partial charge on any atom is -0.336 e. The number of benzene rings is 1. The molecule has 0 aromatic heterocycles. The number of amides is 1. The molecule has 0 spiro atoms. The van der Waals surface area contributed by atoms with E-state index in [0.717, 1.165) is 31.4 Å². The van der Waals surface area contributed by atoms with Gasteiger partial charge in [0.25, 0.3) is 5.91 Å². The van der Waals surface area contributed by atoms with Crippen LogP contribution in [0.1, 0.15) is 62.4 Å². The number of nitrogens with two attached hydrogens (primary N) is 1. The van der Waals surface area contributed by atoms with Crippen molar-refractivity contribution in [3.8, 4) is 0 Å². The Morgan fingerprint density at radius 3 is 2.48 bits per heavy atom. The molecule has 1 aliphatic heterocycles. The van der Waals surface area contributed by atoms with E-state index in [1.54, 1.807) is 0 Å². The van der Waals surface area contributed by atoms with Crippen LogP contribution in [-0.2, 0) is 5.41 Å². The maximum Gasteiger partial charge on any atom is 0.254 e. The summed E-state index contributed by atoms with van der Waals surface area (Å²) in [6.07, 6.45) is 4.30. The number of nitrogens with zero attached hydrogens (tertiary/aromatic N) is 1. The Labute approximate surface area is 128 Å². The summed E-state index contributed by atoms with van der Waals surface area (Å²) < 4.78 is 0. The molecule has 116 valence electrons. The van der Waals surface area contributed by atoms with Gasteiger partial charge in [0.15, 0.2) is 0 Å². The third kappa shape index (κ3) is 3.85. The third-order valence-corrected chi connectivity index (χ3v) is 4.39. The Balaban J connectivity index is 2.14. The van der Waals surface area contributed by atoms with E-state index < -0.39 is 0 Å². The van der Waals surface area contributed by atoms with Crippen molar-refractivity contribution in [2.45, 2.75) is 57.9 Å². The zero-order valence-corrected chi connectivity index (χ0v) is 13.6. The predicted molar refractivity (Wildman–Crippen MR) is 87.5 cm³/mol. The molecule has 2 N–H and O–H groups in total. The van der Waals surface area contributed by atoms with Gasteiger partial charge in [-0.25, -0.2) is 0 Å². The molecule has 21 heavy (non-hydrogen) atoms. The summed E-state index contributed by atoms with van der Waals surface area (Å²) in [5.74, 6) is 0.161. The highest BCUT2D eigenvalue weighted by Crippen LogP contribution is 2.25. The largest absolute Gasteiger partial charge is 0.336 e. The van der Waals surface area contributed by atoms with Crippen LogP contribution in [0.4, 0.5) is 0 Å². The highest BCUT2D eigenvalue weighted by Gasteiger charge is 2.27. The molecule has 1 amide bonds. The first-order chi connectivity index (χ1) is 9.93. The van der Waals surface area contributed by atoms with Gasteiger partial charge < -0.3 is 10.6 Å². The molecule has 1 unspecified atom stereocenters. The molecule has 0 aliphatic carbocycles. The lowest BCUT2D eigenvalue weighted by atomic mass is 9.86. The molecule has 1 heterocycles. The molecule has 3 heteroatoms. The zero-order chi connectivity index (χ0) is 15.5. The van der Waals surface area contributed by atoms with Crippen LogP contribution in [0, 0.1) is 0 Å². The first-order valence-electron chi connectivity index (χ1n) is 8.05. The first kappa shape index (κ1) is 16.0. The van der Waals surface area contributed by atoms with Crippen molar-refractivity contribution < 1.29 is 4.79 Å². The SMILES string of the molecule is CC(C)(C)c1ccc(C(=O)N2CCCCC2CCN)cc1. The predicted octanol–water partition coefficient (Wildman–Crippen LogP) is 3.33. The summed E-state index contributed by atoms with van der Waals surface area (Å²) in [5.41, 5.74) is 7.87. The van der Waals surface area contributed by atoms with E-state index in [4.69, 9.17) is 5.73 Å². The van der Waals surface area contributed by atoms with Crippen LogP contribution in [0.2, 0.25) is 0 Å². The molecule has 0 radical (unpaired) electrons. The van der Waals surface area contributed by atoms with E-state index in [1.165, 1.54) is 12.0 Å². The molecule has 1 atom stereocenters. The van der Waals surface area contributed by atoms with Gasteiger partial charge in [-0.1, -0.05) is 32.9 Å². The molecule has 1 aromatic rings. The van der Waals surface area contributed by atoms with Gasteiger partial charge in [-0.2, -0.15) is 0 Å². The van der Waals surface area contributed by atoms with E-state index in [1.807, 2.05) is 17.0 Å². The summed E-state index contributed by atoms with van der Waals surface area (Å²) in [4.78, 5) is 14.8. The fourth-order valence-electron chi connectivity index (χ4n) is 3.04. The lowest BCUT2D eigenvalue weighted by Gasteiger charge is -2.36. The van der Waals surface area contributed by atoms with Gasteiger partial charge in [0.1, 0.15) is 0 Å². The maximum atomic E-state index is 12.7. The highest BCUT2D eigenvalue weighted by atomic mass is 16.2. The van der Waals surface area contributed by atoms with Crippen molar-refractivity contribution in [2.75, 3.05) is 13.1 Å². The summed E-state index contributed by atoms with van der Waals surface area (Å²) in [5, 5.41) is 0. The van der Waals surface area contributed by atoms with Gasteiger partial charge in [0, 0.05) is 18.2 Å². The van der Waals surface area contributed by atoms with E-state index in [9.17, 15) is 4.79 Å². The van der Waals surface area contributed by atoms with Crippen LogP contribution in [0.3, 0.4) is 0 Å². The maximum absolute atomic E-state index is 12.7. The zero-order valence-electron chi connectivity index (χ0n) is 13.6. The molecule has 1 aliphatic rings. The van der Waals surface area contributed by atoms with E-state index in [2.05, 4.69) is 32.9 Å². The van der Waals surface area contributed by atoms with Gasteiger partial charge in [0.2, 0.25) is 0 Å². The Morgan fingerprint density at radius 2 is 1.90 bits per heavy atom. The average Bonchev–Trinajstić information content (AvgIpc) is 2.47. The van der Waals surface area contributed by atoms with Crippen LogP contribution in [0.5, 0.6) is 0 Å². The number of carbonyl (C=O) groups is 1. The second kappa shape index (κ2) is 6.61. The van der Waals surface area contributed by atoms with Crippen molar-refractivity contribution in [3.05, 3.63) is 35.4 Å². The minimum atomic E-state index is 0.120. The van der Waals surface area contributed by atoms with Crippen LogP contribution in [0.25, 0.3) is 0 Å². The molecule has 1 fully saturated rings. The lowest BCUT2D eigenvalue weighted by Crippen LogP contribution is -2.44. The van der Waals surface area contributed by atoms with E-state index in [-0.39, 0.29) is 11.3 Å². The fourth-order valence-corrected chi connectivity index (χ4v) is 3.04. The van der Waals surface area contributed by atoms with Crippen molar-refractivity contribution in [3.63, 3.8) is 0 Å². The van der Waals surface area contributed by atoms with Crippen molar-refractivity contribution in [1.29, 1.82) is 0 Å². The number of piperidine rings is 1. The molecule has 0 saturated carbocycles. The molecule has 1 aromatic carbocycles. The third-order valence-electron chi connectivity index (χ3n) is 4.39. The fraction of sp³-hybridized carbons (Fsp3) is 0.611. The normalized spacial score (nSPS) is 19.6. The highest BCUT2D eigenvalue weighted by molar-refractivity contribution is 5.94. The van der Waals surface area contributed by atoms with Crippen molar-refractivity contribution >= 4 is 5.91 Å². The van der Waals surface area contributed by atoms with Crippen molar-refractivity contribution in [1.82, 2.24) is 4.90 Å². The van der Waals surface area contributed by atoms with Gasteiger partial charge in [-0.05, 0) is 55.3 Å². The van der Waals surface area contributed by atoms with Gasteiger partial charge in [-0.3, -0.25) is 4.79 Å². The van der Waals surface area contributed by atoms with Gasteiger partial charge in [0.05, 0.1) is 0 Å². The lowest BCUT2D eigenvalue weighted by molar-refractivity contribution is 0.0605. The Kier molecular flexibility index (Phi) is 5.04. The second-order valence-corrected chi connectivity index (χ2v) is 7.05. The summed E-state index contributed by atoms with van der Waals surface area (Å²) >= 11 is 0. The number of hydrogen-bond acceptors (Lipinski definition) is 2. The molecular formula is C18H28N2O. The molecule has 2 rings (SSSR count). The summed E-state index contributed by atoms with van der Waals surface area (Å²) in [6, 6.07) is 8.41. The van der Waals surface area contributed by atoms with Gasteiger partial charge >= 0.3 is 0 Å². The number of carbonyl (C=O) groups excluding carboxylic acids is 1. The molecule has 0 bridgehead atoms. The van der Waals surface area contributed by atoms with E-state index in [0.29, 0.717) is 12.6 Å². The quantitative estimate of drug-likeness (QED) is 0.927.